The number of fused-ring (bicyclic) bond motifs is 3. The Bertz CT molecular complexity index is 1660. The van der Waals surface area contributed by atoms with Crippen molar-refractivity contribution < 1.29 is 4.42 Å². The second kappa shape index (κ2) is 7.96. The fourth-order valence-electron chi connectivity index (χ4n) is 4.75. The van der Waals surface area contributed by atoms with Crippen molar-refractivity contribution >= 4 is 21.9 Å². The van der Waals surface area contributed by atoms with Gasteiger partial charge in [0, 0.05) is 39.5 Å². The topological polar surface area (TPSA) is 38.9 Å². The Balaban J connectivity index is 1.42. The first-order valence-electron chi connectivity index (χ1n) is 11.5. The molecule has 0 bridgehead atoms. The molecule has 0 amide bonds. The number of nitrogens with zero attached hydrogens (tertiary/aromatic N) is 2. The highest BCUT2D eigenvalue weighted by atomic mass is 16.3. The third kappa shape index (κ3) is 3.56. The van der Waals surface area contributed by atoms with Gasteiger partial charge in [0.05, 0.1) is 5.69 Å². The SMILES string of the molecule is Cc1cc(-c2ccc3c(c2)oc2ccc(-c4cc(C)c(-c5ccccc5)cn4)cc23)cc(C)n1. The number of hydrogen-bond acceptors (Lipinski definition) is 3. The van der Waals surface area contributed by atoms with Gasteiger partial charge in [-0.25, -0.2) is 0 Å². The lowest BCUT2D eigenvalue weighted by Crippen LogP contribution is -1.89. The Morgan fingerprint density at radius 3 is 2.12 bits per heavy atom. The summed E-state index contributed by atoms with van der Waals surface area (Å²) < 4.78 is 6.23. The quantitative estimate of drug-likeness (QED) is 0.278. The zero-order valence-electron chi connectivity index (χ0n) is 19.5. The maximum atomic E-state index is 6.23. The predicted molar refractivity (Wildman–Crippen MR) is 140 cm³/mol. The first kappa shape index (κ1) is 20.4. The van der Waals surface area contributed by atoms with Gasteiger partial charge in [0.2, 0.25) is 0 Å². The second-order valence-electron chi connectivity index (χ2n) is 8.91. The molecule has 0 fully saturated rings. The second-order valence-corrected chi connectivity index (χ2v) is 8.91. The molecule has 0 radical (unpaired) electrons. The van der Waals surface area contributed by atoms with Gasteiger partial charge in [-0.05, 0) is 91.6 Å². The molecule has 6 aromatic rings. The van der Waals surface area contributed by atoms with Crippen LogP contribution in [0.2, 0.25) is 0 Å². The molecular formula is C31H24N2O. The molecular weight excluding hydrogens is 416 g/mol. The Morgan fingerprint density at radius 2 is 1.35 bits per heavy atom. The summed E-state index contributed by atoms with van der Waals surface area (Å²) >= 11 is 0. The van der Waals surface area contributed by atoms with Crippen LogP contribution >= 0.6 is 0 Å². The van der Waals surface area contributed by atoms with Gasteiger partial charge in [-0.2, -0.15) is 0 Å². The van der Waals surface area contributed by atoms with Crippen LogP contribution in [0.1, 0.15) is 17.0 Å². The van der Waals surface area contributed by atoms with Crippen LogP contribution in [-0.2, 0) is 0 Å². The van der Waals surface area contributed by atoms with Gasteiger partial charge in [0.1, 0.15) is 11.2 Å². The Hall–Kier alpha value is -4.24. The number of hydrogen-bond donors (Lipinski definition) is 0. The van der Waals surface area contributed by atoms with Gasteiger partial charge in [-0.3, -0.25) is 9.97 Å². The van der Waals surface area contributed by atoms with Gasteiger partial charge in [0.25, 0.3) is 0 Å². The number of benzene rings is 3. The summed E-state index contributed by atoms with van der Waals surface area (Å²) in [6.45, 7) is 6.20. The lowest BCUT2D eigenvalue weighted by Gasteiger charge is -2.08. The standard InChI is InChI=1S/C31H24N2O/c1-19-13-29(32-18-28(19)22-7-5-4-6-8-22)24-10-12-30-27(16-24)26-11-9-23(17-31(26)34-30)25-14-20(2)33-21(3)15-25/h4-18H,1-3H3. The van der Waals surface area contributed by atoms with E-state index < -0.39 is 0 Å². The van der Waals surface area contributed by atoms with Gasteiger partial charge >= 0.3 is 0 Å². The van der Waals surface area contributed by atoms with Crippen LogP contribution in [0.4, 0.5) is 0 Å². The largest absolute Gasteiger partial charge is 0.456 e. The van der Waals surface area contributed by atoms with E-state index in [1.807, 2.05) is 32.2 Å². The first-order chi connectivity index (χ1) is 16.5. The summed E-state index contributed by atoms with van der Waals surface area (Å²) in [4.78, 5) is 9.29. The molecule has 3 aromatic heterocycles. The van der Waals surface area contributed by atoms with Crippen LogP contribution in [0.15, 0.2) is 95.5 Å². The molecule has 0 unspecified atom stereocenters. The number of aryl methyl sites for hydroxylation is 3. The fourth-order valence-corrected chi connectivity index (χ4v) is 4.75. The third-order valence-corrected chi connectivity index (χ3v) is 6.38. The van der Waals surface area contributed by atoms with E-state index in [2.05, 4.69) is 84.7 Å². The molecule has 0 aliphatic rings. The van der Waals surface area contributed by atoms with E-state index in [0.717, 1.165) is 61.3 Å². The molecule has 6 rings (SSSR count). The van der Waals surface area contributed by atoms with Crippen LogP contribution in [0.5, 0.6) is 0 Å². The van der Waals surface area contributed by atoms with Crippen LogP contribution in [-0.4, -0.2) is 9.97 Å². The number of pyridine rings is 2. The van der Waals surface area contributed by atoms with Crippen molar-refractivity contribution in [2.45, 2.75) is 20.8 Å². The maximum absolute atomic E-state index is 6.23. The van der Waals surface area contributed by atoms with E-state index >= 15 is 0 Å². The molecule has 0 spiro atoms. The molecule has 0 N–H and O–H groups in total. The van der Waals surface area contributed by atoms with Gasteiger partial charge < -0.3 is 4.42 Å². The zero-order valence-corrected chi connectivity index (χ0v) is 19.5. The summed E-state index contributed by atoms with van der Waals surface area (Å²) in [6, 6.07) is 29.6. The normalized spacial score (nSPS) is 11.4. The minimum absolute atomic E-state index is 0.885. The molecule has 34 heavy (non-hydrogen) atoms. The van der Waals surface area contributed by atoms with Crippen molar-refractivity contribution in [3.63, 3.8) is 0 Å². The molecule has 3 aromatic carbocycles. The lowest BCUT2D eigenvalue weighted by atomic mass is 9.99. The summed E-state index contributed by atoms with van der Waals surface area (Å²) in [5, 5.41) is 2.22. The molecule has 0 aliphatic carbocycles. The highest BCUT2D eigenvalue weighted by Crippen LogP contribution is 2.35. The summed E-state index contributed by atoms with van der Waals surface area (Å²) in [7, 11) is 0. The molecule has 3 nitrogen and oxygen atoms in total. The number of aromatic nitrogens is 2. The van der Waals surface area contributed by atoms with Crippen LogP contribution in [0, 0.1) is 20.8 Å². The molecule has 164 valence electrons. The fraction of sp³-hybridized carbons (Fsp3) is 0.0968. The number of rotatable bonds is 3. The first-order valence-corrected chi connectivity index (χ1v) is 11.5. The van der Waals surface area contributed by atoms with E-state index in [0.29, 0.717) is 0 Å². The average Bonchev–Trinajstić information content (AvgIpc) is 3.21. The van der Waals surface area contributed by atoms with Crippen molar-refractivity contribution in [2.75, 3.05) is 0 Å². The Kier molecular flexibility index (Phi) is 4.77. The average molecular weight is 441 g/mol. The highest BCUT2D eigenvalue weighted by molar-refractivity contribution is 6.07. The minimum atomic E-state index is 0.885. The van der Waals surface area contributed by atoms with Crippen LogP contribution in [0.25, 0.3) is 55.4 Å². The van der Waals surface area contributed by atoms with E-state index in [-0.39, 0.29) is 0 Å². The highest BCUT2D eigenvalue weighted by Gasteiger charge is 2.12. The molecule has 0 aliphatic heterocycles. The summed E-state index contributed by atoms with van der Waals surface area (Å²) in [5.41, 5.74) is 11.7. The van der Waals surface area contributed by atoms with Crippen molar-refractivity contribution in [3.8, 4) is 33.5 Å². The van der Waals surface area contributed by atoms with Crippen molar-refractivity contribution in [1.82, 2.24) is 9.97 Å². The minimum Gasteiger partial charge on any atom is -0.456 e. The van der Waals surface area contributed by atoms with Crippen molar-refractivity contribution in [1.29, 1.82) is 0 Å². The van der Waals surface area contributed by atoms with E-state index in [9.17, 15) is 0 Å². The van der Waals surface area contributed by atoms with E-state index in [4.69, 9.17) is 9.40 Å². The Labute approximate surface area is 198 Å². The molecule has 0 atom stereocenters. The van der Waals surface area contributed by atoms with Gasteiger partial charge in [0.15, 0.2) is 0 Å². The third-order valence-electron chi connectivity index (χ3n) is 6.38. The maximum Gasteiger partial charge on any atom is 0.136 e. The van der Waals surface area contributed by atoms with E-state index in [1.54, 1.807) is 0 Å². The molecule has 3 heterocycles. The number of furan rings is 1. The summed E-state index contributed by atoms with van der Waals surface area (Å²) in [6.07, 6.45) is 1.97. The van der Waals surface area contributed by atoms with Gasteiger partial charge in [-0.1, -0.05) is 36.4 Å². The smallest absolute Gasteiger partial charge is 0.136 e. The lowest BCUT2D eigenvalue weighted by molar-refractivity contribution is 0.669. The van der Waals surface area contributed by atoms with Crippen LogP contribution < -0.4 is 0 Å². The predicted octanol–water partition coefficient (Wildman–Crippen LogP) is 8.30. The molecule has 0 saturated carbocycles. The Morgan fingerprint density at radius 1 is 0.588 bits per heavy atom. The molecule has 3 heteroatoms. The van der Waals surface area contributed by atoms with Crippen molar-refractivity contribution in [3.05, 3.63) is 108 Å². The molecule has 0 saturated heterocycles. The summed E-state index contributed by atoms with van der Waals surface area (Å²) in [5.74, 6) is 0. The zero-order chi connectivity index (χ0) is 23.2. The van der Waals surface area contributed by atoms with Gasteiger partial charge in [-0.15, -0.1) is 0 Å². The van der Waals surface area contributed by atoms with E-state index in [1.165, 1.54) is 11.1 Å². The van der Waals surface area contributed by atoms with Crippen LogP contribution in [0.3, 0.4) is 0 Å². The van der Waals surface area contributed by atoms with Crippen molar-refractivity contribution in [2.24, 2.45) is 0 Å². The monoisotopic (exact) mass is 440 g/mol.